The first-order valence-corrected chi connectivity index (χ1v) is 3.34. The summed E-state index contributed by atoms with van der Waals surface area (Å²) < 4.78 is 4.65. The molecule has 0 bridgehead atoms. The second kappa shape index (κ2) is 5.07. The number of hydrogen-bond acceptors (Lipinski definition) is 3. The second-order valence-corrected chi connectivity index (χ2v) is 2.06. The molecule has 56 valence electrons. The zero-order valence-corrected chi connectivity index (χ0v) is 6.39. The quantitative estimate of drug-likeness (QED) is 0.460. The van der Waals surface area contributed by atoms with Crippen molar-refractivity contribution in [3.8, 4) is 6.07 Å². The highest BCUT2D eigenvalue weighted by atomic mass is 35.5. The van der Waals surface area contributed by atoms with Crippen LogP contribution in [0.5, 0.6) is 0 Å². The number of hydrogen-bond donors (Lipinski definition) is 0. The van der Waals surface area contributed by atoms with Gasteiger partial charge in [-0.2, -0.15) is 5.26 Å². The first-order chi connectivity index (χ1) is 4.70. The Morgan fingerprint density at radius 2 is 2.50 bits per heavy atom. The van der Waals surface area contributed by atoms with Gasteiger partial charge in [-0.3, -0.25) is 4.79 Å². The lowest BCUT2D eigenvalue weighted by Crippen LogP contribution is -2.16. The van der Waals surface area contributed by atoms with Gasteiger partial charge in [0.05, 0.1) is 18.4 Å². The van der Waals surface area contributed by atoms with Crippen LogP contribution in [-0.4, -0.2) is 18.0 Å². The fourth-order valence-corrected chi connectivity index (χ4v) is 0.636. The molecule has 0 saturated carbocycles. The summed E-state index contributed by atoms with van der Waals surface area (Å²) in [5.41, 5.74) is 0. The third-order valence-electron chi connectivity index (χ3n) is 0.824. The Balaban J connectivity index is 3.62. The van der Waals surface area contributed by atoms with Gasteiger partial charge in [-0.05, 0) is 0 Å². The average Bonchev–Trinajstić information content (AvgIpc) is 1.86. The lowest BCUT2D eigenvalue weighted by Gasteiger charge is -2.08. The third kappa shape index (κ3) is 4.16. The summed E-state index contributed by atoms with van der Waals surface area (Å²) in [7, 11) is 0. The Bertz CT molecular complexity index is 152. The normalized spacial score (nSPS) is 11.7. The van der Waals surface area contributed by atoms with Crippen LogP contribution in [-0.2, 0) is 9.53 Å². The zero-order chi connectivity index (χ0) is 7.98. The molecule has 0 fully saturated rings. The van der Waals surface area contributed by atoms with E-state index in [0.29, 0.717) is 0 Å². The molecule has 0 aliphatic carbocycles. The molecule has 0 radical (unpaired) electrons. The van der Waals surface area contributed by atoms with Crippen LogP contribution in [0.15, 0.2) is 0 Å². The molecule has 0 aliphatic rings. The van der Waals surface area contributed by atoms with Gasteiger partial charge >= 0.3 is 5.97 Å². The molecular formula is C6H8ClNO2. The maximum absolute atomic E-state index is 10.3. The van der Waals surface area contributed by atoms with Crippen molar-refractivity contribution in [2.24, 2.45) is 0 Å². The number of nitrogens with zero attached hydrogens (tertiary/aromatic N) is 1. The van der Waals surface area contributed by atoms with Gasteiger partial charge in [-0.25, -0.2) is 0 Å². The van der Waals surface area contributed by atoms with E-state index in [2.05, 4.69) is 4.74 Å². The van der Waals surface area contributed by atoms with E-state index in [4.69, 9.17) is 16.9 Å². The molecule has 0 aromatic heterocycles. The SMILES string of the molecule is CC(=O)O[C@@H](CCl)CC#N. The van der Waals surface area contributed by atoms with Gasteiger partial charge in [-0.15, -0.1) is 11.6 Å². The summed E-state index contributed by atoms with van der Waals surface area (Å²) in [4.78, 5) is 10.3. The Labute approximate surface area is 64.5 Å². The summed E-state index contributed by atoms with van der Waals surface area (Å²) >= 11 is 5.36. The first-order valence-electron chi connectivity index (χ1n) is 2.80. The van der Waals surface area contributed by atoms with E-state index in [1.54, 1.807) is 0 Å². The van der Waals surface area contributed by atoms with Crippen LogP contribution in [0.1, 0.15) is 13.3 Å². The predicted octanol–water partition coefficient (Wildman–Crippen LogP) is 1.07. The van der Waals surface area contributed by atoms with Gasteiger partial charge in [0.25, 0.3) is 0 Å². The molecule has 0 heterocycles. The third-order valence-corrected chi connectivity index (χ3v) is 1.17. The molecule has 0 aromatic rings. The second-order valence-electron chi connectivity index (χ2n) is 1.75. The van der Waals surface area contributed by atoms with E-state index in [-0.39, 0.29) is 12.3 Å². The van der Waals surface area contributed by atoms with Crippen molar-refractivity contribution in [3.63, 3.8) is 0 Å². The summed E-state index contributed by atoms with van der Waals surface area (Å²) in [5, 5.41) is 8.18. The molecule has 4 heteroatoms. The van der Waals surface area contributed by atoms with Crippen molar-refractivity contribution in [3.05, 3.63) is 0 Å². The number of alkyl halides is 1. The van der Waals surface area contributed by atoms with Gasteiger partial charge in [-0.1, -0.05) is 0 Å². The number of esters is 1. The average molecular weight is 162 g/mol. The van der Waals surface area contributed by atoms with E-state index in [1.807, 2.05) is 6.07 Å². The Hall–Kier alpha value is -0.750. The lowest BCUT2D eigenvalue weighted by atomic mass is 10.3. The molecule has 0 unspecified atom stereocenters. The molecular weight excluding hydrogens is 154 g/mol. The fourth-order valence-electron chi connectivity index (χ4n) is 0.464. The molecule has 10 heavy (non-hydrogen) atoms. The highest BCUT2D eigenvalue weighted by Crippen LogP contribution is 1.99. The lowest BCUT2D eigenvalue weighted by molar-refractivity contribution is -0.145. The molecule has 0 saturated heterocycles. The largest absolute Gasteiger partial charge is 0.460 e. The van der Waals surface area contributed by atoms with E-state index in [9.17, 15) is 4.79 Å². The van der Waals surface area contributed by atoms with Crippen molar-refractivity contribution < 1.29 is 9.53 Å². The van der Waals surface area contributed by atoms with Crippen molar-refractivity contribution in [1.29, 1.82) is 5.26 Å². The summed E-state index contributed by atoms with van der Waals surface area (Å²) in [6.45, 7) is 1.29. The Morgan fingerprint density at radius 3 is 2.80 bits per heavy atom. The summed E-state index contributed by atoms with van der Waals surface area (Å²) in [6, 6.07) is 1.86. The van der Waals surface area contributed by atoms with Gasteiger partial charge in [0, 0.05) is 6.92 Å². The van der Waals surface area contributed by atoms with Gasteiger partial charge < -0.3 is 4.74 Å². The van der Waals surface area contributed by atoms with Crippen molar-refractivity contribution in [1.82, 2.24) is 0 Å². The number of halogens is 1. The van der Waals surface area contributed by atoms with E-state index in [1.165, 1.54) is 6.92 Å². The fraction of sp³-hybridized carbons (Fsp3) is 0.667. The van der Waals surface area contributed by atoms with Crippen LogP contribution in [0.3, 0.4) is 0 Å². The highest BCUT2D eigenvalue weighted by molar-refractivity contribution is 6.18. The number of nitriles is 1. The number of carbonyl (C=O) groups is 1. The molecule has 0 N–H and O–H groups in total. The van der Waals surface area contributed by atoms with E-state index < -0.39 is 12.1 Å². The van der Waals surface area contributed by atoms with Crippen molar-refractivity contribution in [2.45, 2.75) is 19.4 Å². The van der Waals surface area contributed by atoms with Crippen LogP contribution in [0.25, 0.3) is 0 Å². The maximum atomic E-state index is 10.3. The standard InChI is InChI=1S/C6H8ClNO2/c1-5(9)10-6(4-7)2-3-8/h6H,2,4H2,1H3/t6-/m1/s1. The van der Waals surface area contributed by atoms with Gasteiger partial charge in [0.15, 0.2) is 0 Å². The minimum atomic E-state index is -0.454. The predicted molar refractivity (Wildman–Crippen MR) is 36.5 cm³/mol. The highest BCUT2D eigenvalue weighted by Gasteiger charge is 2.08. The topological polar surface area (TPSA) is 50.1 Å². The van der Waals surface area contributed by atoms with E-state index in [0.717, 1.165) is 0 Å². The maximum Gasteiger partial charge on any atom is 0.302 e. The monoisotopic (exact) mass is 161 g/mol. The minimum Gasteiger partial charge on any atom is -0.460 e. The zero-order valence-electron chi connectivity index (χ0n) is 5.63. The molecule has 1 atom stereocenters. The number of carbonyl (C=O) groups excluding carboxylic acids is 1. The Kier molecular flexibility index (Phi) is 4.69. The van der Waals surface area contributed by atoms with Crippen LogP contribution in [0.4, 0.5) is 0 Å². The molecule has 3 nitrogen and oxygen atoms in total. The van der Waals surface area contributed by atoms with Crippen LogP contribution in [0.2, 0.25) is 0 Å². The van der Waals surface area contributed by atoms with Crippen LogP contribution in [0, 0.1) is 11.3 Å². The van der Waals surface area contributed by atoms with Crippen LogP contribution < -0.4 is 0 Å². The molecule has 0 aromatic carbocycles. The molecule has 0 spiro atoms. The molecule has 0 rings (SSSR count). The summed E-state index contributed by atoms with van der Waals surface area (Å²) in [5.74, 6) is -0.228. The van der Waals surface area contributed by atoms with Crippen molar-refractivity contribution in [2.75, 3.05) is 5.88 Å². The molecule has 0 aliphatic heterocycles. The van der Waals surface area contributed by atoms with Crippen LogP contribution >= 0.6 is 11.6 Å². The number of rotatable bonds is 3. The van der Waals surface area contributed by atoms with E-state index >= 15 is 0 Å². The minimum absolute atomic E-state index is 0.156. The smallest absolute Gasteiger partial charge is 0.302 e. The summed E-state index contributed by atoms with van der Waals surface area (Å²) in [6.07, 6.45) is -0.299. The Morgan fingerprint density at radius 1 is 1.90 bits per heavy atom. The van der Waals surface area contributed by atoms with Gasteiger partial charge in [0.1, 0.15) is 6.10 Å². The van der Waals surface area contributed by atoms with Gasteiger partial charge in [0.2, 0.25) is 0 Å². The van der Waals surface area contributed by atoms with Crippen molar-refractivity contribution >= 4 is 17.6 Å². The molecule has 0 amide bonds. The first kappa shape index (κ1) is 9.25. The number of ether oxygens (including phenoxy) is 1.